The summed E-state index contributed by atoms with van der Waals surface area (Å²) in [4.78, 5) is 2.50. The van der Waals surface area contributed by atoms with Crippen molar-refractivity contribution in [2.45, 2.75) is 32.2 Å². The molecule has 0 amide bonds. The van der Waals surface area contributed by atoms with E-state index in [4.69, 9.17) is 11.6 Å². The lowest BCUT2D eigenvalue weighted by Crippen LogP contribution is -2.39. The van der Waals surface area contributed by atoms with Gasteiger partial charge in [0.2, 0.25) is 0 Å². The van der Waals surface area contributed by atoms with Crippen molar-refractivity contribution in [2.75, 3.05) is 25.0 Å². The van der Waals surface area contributed by atoms with E-state index in [1.807, 2.05) is 0 Å². The van der Waals surface area contributed by atoms with Gasteiger partial charge in [-0.1, -0.05) is 18.5 Å². The second-order valence-corrected chi connectivity index (χ2v) is 5.30. The molecule has 1 aliphatic heterocycles. The minimum absolute atomic E-state index is 0.184. The van der Waals surface area contributed by atoms with Crippen LogP contribution in [0.5, 0.6) is 0 Å². The van der Waals surface area contributed by atoms with E-state index in [2.05, 4.69) is 17.1 Å². The van der Waals surface area contributed by atoms with Gasteiger partial charge in [-0.25, -0.2) is 4.39 Å². The molecule has 0 bridgehead atoms. The lowest BCUT2D eigenvalue weighted by molar-refractivity contribution is 0.219. The van der Waals surface area contributed by atoms with Crippen molar-refractivity contribution in [1.82, 2.24) is 4.90 Å². The number of benzene rings is 1. The van der Waals surface area contributed by atoms with Gasteiger partial charge in [0.25, 0.3) is 0 Å². The summed E-state index contributed by atoms with van der Waals surface area (Å²) in [6, 6.07) is 5.30. The van der Waals surface area contributed by atoms with Crippen LogP contribution in [0, 0.1) is 5.82 Å². The van der Waals surface area contributed by atoms with E-state index in [0.29, 0.717) is 6.04 Å². The molecule has 100 valence electrons. The molecule has 1 saturated heterocycles. The molecule has 0 spiro atoms. The fraction of sp³-hybridized carbons (Fsp3) is 0.571. The fourth-order valence-corrected chi connectivity index (χ4v) is 2.62. The number of nitrogens with one attached hydrogen (secondary N) is 1. The topological polar surface area (TPSA) is 15.3 Å². The minimum Gasteiger partial charge on any atom is -0.382 e. The van der Waals surface area contributed by atoms with Crippen molar-refractivity contribution in [3.8, 4) is 0 Å². The Balaban J connectivity index is 1.85. The van der Waals surface area contributed by atoms with Gasteiger partial charge in [-0.2, -0.15) is 0 Å². The zero-order chi connectivity index (χ0) is 13.0. The largest absolute Gasteiger partial charge is 0.382 e. The molecule has 0 aliphatic carbocycles. The van der Waals surface area contributed by atoms with Crippen LogP contribution < -0.4 is 5.32 Å². The third-order valence-electron chi connectivity index (χ3n) is 3.42. The Hall–Kier alpha value is -0.800. The maximum absolute atomic E-state index is 13.0. The van der Waals surface area contributed by atoms with Crippen molar-refractivity contribution in [3.63, 3.8) is 0 Å². The van der Waals surface area contributed by atoms with Crippen LogP contribution in [0.1, 0.15) is 26.2 Å². The standard InChI is InChI=1S/C14H20ClFN2/c1-2-7-18-8-5-11(6-9-18)17-12-3-4-14(16)13(15)10-12/h3-4,10-11,17H,2,5-9H2,1H3. The fourth-order valence-electron chi connectivity index (χ4n) is 2.44. The van der Waals surface area contributed by atoms with E-state index in [-0.39, 0.29) is 10.8 Å². The quantitative estimate of drug-likeness (QED) is 0.896. The van der Waals surface area contributed by atoms with Crippen LogP contribution in [0.25, 0.3) is 0 Å². The van der Waals surface area contributed by atoms with Gasteiger partial charge in [0.05, 0.1) is 5.02 Å². The Morgan fingerprint density at radius 1 is 1.39 bits per heavy atom. The average molecular weight is 271 g/mol. The summed E-state index contributed by atoms with van der Waals surface area (Å²) in [5.74, 6) is -0.361. The second-order valence-electron chi connectivity index (χ2n) is 4.89. The van der Waals surface area contributed by atoms with Gasteiger partial charge >= 0.3 is 0 Å². The van der Waals surface area contributed by atoms with E-state index < -0.39 is 0 Å². The van der Waals surface area contributed by atoms with E-state index >= 15 is 0 Å². The maximum Gasteiger partial charge on any atom is 0.141 e. The summed E-state index contributed by atoms with van der Waals surface area (Å²) in [5, 5.41) is 3.62. The molecule has 2 nitrogen and oxygen atoms in total. The first-order valence-electron chi connectivity index (χ1n) is 6.63. The Labute approximate surface area is 113 Å². The van der Waals surface area contributed by atoms with Crippen LogP contribution in [0.4, 0.5) is 10.1 Å². The van der Waals surface area contributed by atoms with E-state index in [0.717, 1.165) is 31.6 Å². The first-order valence-corrected chi connectivity index (χ1v) is 7.00. The highest BCUT2D eigenvalue weighted by Crippen LogP contribution is 2.22. The van der Waals surface area contributed by atoms with E-state index in [1.54, 1.807) is 12.1 Å². The Kier molecular flexibility index (Phi) is 4.84. The molecule has 1 aliphatic rings. The zero-order valence-electron chi connectivity index (χ0n) is 10.8. The van der Waals surface area contributed by atoms with Crippen LogP contribution in [0.15, 0.2) is 18.2 Å². The maximum atomic E-state index is 13.0. The summed E-state index contributed by atoms with van der Waals surface area (Å²) in [5.41, 5.74) is 0.912. The number of nitrogens with zero attached hydrogens (tertiary/aromatic N) is 1. The number of halogens is 2. The highest BCUT2D eigenvalue weighted by Gasteiger charge is 2.18. The van der Waals surface area contributed by atoms with Gasteiger partial charge in [0.15, 0.2) is 0 Å². The molecule has 1 aromatic rings. The lowest BCUT2D eigenvalue weighted by Gasteiger charge is -2.32. The number of anilines is 1. The third kappa shape index (κ3) is 3.59. The highest BCUT2D eigenvalue weighted by molar-refractivity contribution is 6.31. The molecule has 0 unspecified atom stereocenters. The van der Waals surface area contributed by atoms with E-state index in [1.165, 1.54) is 19.0 Å². The van der Waals surface area contributed by atoms with Gasteiger partial charge in [-0.15, -0.1) is 0 Å². The smallest absolute Gasteiger partial charge is 0.141 e. The summed E-state index contributed by atoms with van der Waals surface area (Å²) in [7, 11) is 0. The summed E-state index contributed by atoms with van der Waals surface area (Å²) in [6.07, 6.45) is 3.48. The molecular formula is C14H20ClFN2. The summed E-state index contributed by atoms with van der Waals surface area (Å²) in [6.45, 7) is 5.68. The predicted molar refractivity (Wildman–Crippen MR) is 74.8 cm³/mol. The number of rotatable bonds is 4. The molecule has 1 heterocycles. The number of hydrogen-bond donors (Lipinski definition) is 1. The van der Waals surface area contributed by atoms with E-state index in [9.17, 15) is 4.39 Å². The van der Waals surface area contributed by atoms with Gasteiger partial charge in [-0.3, -0.25) is 0 Å². The van der Waals surface area contributed by atoms with Crippen molar-refractivity contribution in [3.05, 3.63) is 29.0 Å². The summed E-state index contributed by atoms with van der Waals surface area (Å²) < 4.78 is 13.0. The van der Waals surface area contributed by atoms with Gasteiger partial charge in [0, 0.05) is 24.8 Å². The molecule has 1 N–H and O–H groups in total. The SMILES string of the molecule is CCCN1CCC(Nc2ccc(F)c(Cl)c2)CC1. The van der Waals surface area contributed by atoms with Crippen molar-refractivity contribution < 1.29 is 4.39 Å². The molecule has 2 rings (SSSR count). The van der Waals surface area contributed by atoms with Gasteiger partial charge < -0.3 is 10.2 Å². The number of likely N-dealkylation sites (tertiary alicyclic amines) is 1. The molecule has 18 heavy (non-hydrogen) atoms. The van der Waals surface area contributed by atoms with Gasteiger partial charge in [0.1, 0.15) is 5.82 Å². The van der Waals surface area contributed by atoms with Crippen molar-refractivity contribution in [2.24, 2.45) is 0 Å². The molecule has 0 radical (unpaired) electrons. The Morgan fingerprint density at radius 3 is 2.72 bits per heavy atom. The monoisotopic (exact) mass is 270 g/mol. The molecular weight excluding hydrogens is 251 g/mol. The zero-order valence-corrected chi connectivity index (χ0v) is 11.5. The molecule has 1 fully saturated rings. The van der Waals surface area contributed by atoms with Crippen LogP contribution >= 0.6 is 11.6 Å². The molecule has 0 atom stereocenters. The van der Waals surface area contributed by atoms with Crippen LogP contribution in [-0.4, -0.2) is 30.6 Å². The van der Waals surface area contributed by atoms with Gasteiger partial charge in [-0.05, 0) is 44.0 Å². The number of piperidine rings is 1. The number of hydrogen-bond acceptors (Lipinski definition) is 2. The molecule has 4 heteroatoms. The predicted octanol–water partition coefficient (Wildman–Crippen LogP) is 3.77. The van der Waals surface area contributed by atoms with Crippen LogP contribution in [-0.2, 0) is 0 Å². The second kappa shape index (κ2) is 6.39. The lowest BCUT2D eigenvalue weighted by atomic mass is 10.0. The Morgan fingerprint density at radius 2 is 2.11 bits per heavy atom. The normalized spacial score (nSPS) is 17.9. The average Bonchev–Trinajstić information content (AvgIpc) is 2.37. The molecule has 0 saturated carbocycles. The summed E-state index contributed by atoms with van der Waals surface area (Å²) >= 11 is 5.77. The third-order valence-corrected chi connectivity index (χ3v) is 3.71. The first kappa shape index (κ1) is 13.6. The Bertz CT molecular complexity index is 389. The van der Waals surface area contributed by atoms with Crippen LogP contribution in [0.3, 0.4) is 0 Å². The first-order chi connectivity index (χ1) is 8.69. The molecule has 1 aromatic carbocycles. The molecule has 0 aromatic heterocycles. The van der Waals surface area contributed by atoms with Crippen LogP contribution in [0.2, 0.25) is 5.02 Å². The van der Waals surface area contributed by atoms with Crippen molar-refractivity contribution >= 4 is 17.3 Å². The minimum atomic E-state index is -0.361. The highest BCUT2D eigenvalue weighted by atomic mass is 35.5. The van der Waals surface area contributed by atoms with Crippen molar-refractivity contribution in [1.29, 1.82) is 0 Å².